The highest BCUT2D eigenvalue weighted by molar-refractivity contribution is 7.89. The van der Waals surface area contributed by atoms with Crippen molar-refractivity contribution in [2.24, 2.45) is 0 Å². The molecule has 0 fully saturated rings. The Kier molecular flexibility index (Phi) is 3.35. The molecule has 0 amide bonds. The lowest BCUT2D eigenvalue weighted by Crippen LogP contribution is -2.35. The maximum Gasteiger partial charge on any atom is 0.243 e. The van der Waals surface area contributed by atoms with Gasteiger partial charge in [-0.25, -0.2) is 8.42 Å². The van der Waals surface area contributed by atoms with Gasteiger partial charge in [0.25, 0.3) is 0 Å². The van der Waals surface area contributed by atoms with Crippen LogP contribution in [-0.2, 0) is 23.0 Å². The van der Waals surface area contributed by atoms with E-state index in [1.165, 1.54) is 10.4 Å². The minimum absolute atomic E-state index is 0.150. The predicted molar refractivity (Wildman–Crippen MR) is 80.3 cm³/mol. The Balaban J connectivity index is 1.95. The number of phenolic OH excluding ortho intramolecular Hbond substituents is 1. The number of sulfonamides is 1. The van der Waals surface area contributed by atoms with Crippen molar-refractivity contribution in [3.63, 3.8) is 0 Å². The third-order valence-corrected chi connectivity index (χ3v) is 5.50. The molecule has 1 aliphatic heterocycles. The topological polar surface area (TPSA) is 83.6 Å². The Morgan fingerprint density at radius 3 is 2.67 bits per heavy atom. The lowest BCUT2D eigenvalue weighted by Gasteiger charge is -2.28. The zero-order chi connectivity index (χ0) is 15.0. The smallest absolute Gasteiger partial charge is 0.243 e. The fraction of sp³-hybridized carbons (Fsp3) is 0.200. The molecule has 0 bridgehead atoms. The Labute approximate surface area is 123 Å². The molecule has 0 atom stereocenters. The van der Waals surface area contributed by atoms with E-state index >= 15 is 0 Å². The molecule has 21 heavy (non-hydrogen) atoms. The van der Waals surface area contributed by atoms with E-state index in [1.54, 1.807) is 30.3 Å². The van der Waals surface area contributed by atoms with Gasteiger partial charge in [-0.15, -0.1) is 0 Å². The maximum absolute atomic E-state index is 12.6. The van der Waals surface area contributed by atoms with Crippen molar-refractivity contribution in [1.29, 1.82) is 0 Å². The summed E-state index contributed by atoms with van der Waals surface area (Å²) in [5.41, 5.74) is 8.00. The van der Waals surface area contributed by atoms with Crippen LogP contribution in [0.25, 0.3) is 0 Å². The second-order valence-electron chi connectivity index (χ2n) is 5.11. The molecule has 110 valence electrons. The number of nitrogen functional groups attached to an aromatic ring is 1. The maximum atomic E-state index is 12.6. The number of aromatic hydroxyl groups is 1. The molecule has 0 radical (unpaired) electrons. The van der Waals surface area contributed by atoms with E-state index in [2.05, 4.69) is 0 Å². The summed E-state index contributed by atoms with van der Waals surface area (Å²) >= 11 is 0. The summed E-state index contributed by atoms with van der Waals surface area (Å²) < 4.78 is 26.7. The molecule has 3 N–H and O–H groups in total. The number of nitrogens with zero attached hydrogens (tertiary/aromatic N) is 1. The zero-order valence-electron chi connectivity index (χ0n) is 11.4. The van der Waals surface area contributed by atoms with Crippen molar-refractivity contribution in [3.8, 4) is 5.75 Å². The van der Waals surface area contributed by atoms with E-state index in [4.69, 9.17) is 5.73 Å². The van der Waals surface area contributed by atoms with Crippen LogP contribution in [0.5, 0.6) is 5.75 Å². The van der Waals surface area contributed by atoms with Gasteiger partial charge in [0, 0.05) is 18.8 Å². The molecule has 2 aromatic carbocycles. The van der Waals surface area contributed by atoms with Crippen molar-refractivity contribution >= 4 is 15.7 Å². The van der Waals surface area contributed by atoms with E-state index in [9.17, 15) is 13.5 Å². The number of hydrogen-bond acceptors (Lipinski definition) is 4. The number of rotatable bonds is 2. The molecule has 0 saturated carbocycles. The Hall–Kier alpha value is -2.05. The number of nitrogens with two attached hydrogens (primary N) is 1. The van der Waals surface area contributed by atoms with Gasteiger partial charge in [0.1, 0.15) is 5.75 Å². The fourth-order valence-electron chi connectivity index (χ4n) is 2.55. The van der Waals surface area contributed by atoms with Gasteiger partial charge in [-0.3, -0.25) is 0 Å². The second kappa shape index (κ2) is 5.05. The first-order valence-corrected chi connectivity index (χ1v) is 8.07. The first kappa shape index (κ1) is 13.9. The van der Waals surface area contributed by atoms with Crippen molar-refractivity contribution < 1.29 is 13.5 Å². The molecule has 1 heterocycles. The molecule has 0 aliphatic carbocycles. The number of benzene rings is 2. The fourth-order valence-corrected chi connectivity index (χ4v) is 4.02. The average molecular weight is 304 g/mol. The number of phenols is 1. The van der Waals surface area contributed by atoms with Gasteiger partial charge in [0.2, 0.25) is 10.0 Å². The van der Waals surface area contributed by atoms with Crippen molar-refractivity contribution in [3.05, 3.63) is 53.6 Å². The lowest BCUT2D eigenvalue weighted by molar-refractivity contribution is 0.389. The molecule has 0 spiro atoms. The van der Waals surface area contributed by atoms with Gasteiger partial charge in [0.05, 0.1) is 4.90 Å². The van der Waals surface area contributed by atoms with Gasteiger partial charge in [-0.05, 0) is 47.9 Å². The molecule has 0 saturated heterocycles. The average Bonchev–Trinajstić information content (AvgIpc) is 2.46. The number of anilines is 1. The first-order chi connectivity index (χ1) is 9.96. The largest absolute Gasteiger partial charge is 0.508 e. The van der Waals surface area contributed by atoms with Crippen LogP contribution in [0.3, 0.4) is 0 Å². The third kappa shape index (κ3) is 2.59. The van der Waals surface area contributed by atoms with E-state index in [0.29, 0.717) is 18.7 Å². The van der Waals surface area contributed by atoms with Crippen molar-refractivity contribution in [2.75, 3.05) is 12.3 Å². The minimum atomic E-state index is -3.57. The van der Waals surface area contributed by atoms with Gasteiger partial charge in [-0.1, -0.05) is 12.1 Å². The Morgan fingerprint density at radius 1 is 1.10 bits per heavy atom. The quantitative estimate of drug-likeness (QED) is 0.828. The molecule has 0 unspecified atom stereocenters. The molecule has 1 aliphatic rings. The highest BCUT2D eigenvalue weighted by atomic mass is 32.2. The van der Waals surface area contributed by atoms with Crippen LogP contribution < -0.4 is 5.73 Å². The van der Waals surface area contributed by atoms with Crippen LogP contribution in [0.4, 0.5) is 5.69 Å². The van der Waals surface area contributed by atoms with Crippen LogP contribution in [0.1, 0.15) is 11.1 Å². The molecule has 5 nitrogen and oxygen atoms in total. The SMILES string of the molecule is Nc1cccc(S(=O)(=O)N2CCc3ccc(O)cc3C2)c1. The Morgan fingerprint density at radius 2 is 1.90 bits per heavy atom. The van der Waals surface area contributed by atoms with Crippen LogP contribution in [0, 0.1) is 0 Å². The summed E-state index contributed by atoms with van der Waals surface area (Å²) in [6, 6.07) is 11.4. The van der Waals surface area contributed by atoms with E-state index in [1.807, 2.05) is 6.07 Å². The summed E-state index contributed by atoms with van der Waals surface area (Å²) in [6.07, 6.45) is 0.636. The van der Waals surface area contributed by atoms with Gasteiger partial charge < -0.3 is 10.8 Å². The molecule has 2 aromatic rings. The summed E-state index contributed by atoms with van der Waals surface area (Å²) in [5, 5.41) is 9.55. The second-order valence-corrected chi connectivity index (χ2v) is 7.05. The highest BCUT2D eigenvalue weighted by Crippen LogP contribution is 2.27. The molecule has 3 rings (SSSR count). The van der Waals surface area contributed by atoms with Crippen LogP contribution >= 0.6 is 0 Å². The summed E-state index contributed by atoms with van der Waals surface area (Å²) in [5.74, 6) is 0.150. The monoisotopic (exact) mass is 304 g/mol. The molecular formula is C15H16N2O3S. The normalized spacial score (nSPS) is 15.6. The van der Waals surface area contributed by atoms with Gasteiger partial charge in [-0.2, -0.15) is 4.31 Å². The number of hydrogen-bond donors (Lipinski definition) is 2. The zero-order valence-corrected chi connectivity index (χ0v) is 12.2. The van der Waals surface area contributed by atoms with E-state index in [-0.39, 0.29) is 17.2 Å². The lowest BCUT2D eigenvalue weighted by atomic mass is 10.0. The molecular weight excluding hydrogens is 288 g/mol. The standard InChI is InChI=1S/C15H16N2O3S/c16-13-2-1-3-15(9-13)21(19,20)17-7-6-11-4-5-14(18)8-12(11)10-17/h1-5,8-9,18H,6-7,10,16H2. The van der Waals surface area contributed by atoms with Crippen LogP contribution in [0.15, 0.2) is 47.4 Å². The van der Waals surface area contributed by atoms with Crippen molar-refractivity contribution in [2.45, 2.75) is 17.9 Å². The molecule has 0 aromatic heterocycles. The Bertz CT molecular complexity index is 787. The highest BCUT2D eigenvalue weighted by Gasteiger charge is 2.28. The number of fused-ring (bicyclic) bond motifs is 1. The van der Waals surface area contributed by atoms with E-state index in [0.717, 1.165) is 11.1 Å². The van der Waals surface area contributed by atoms with Crippen molar-refractivity contribution in [1.82, 2.24) is 4.31 Å². The molecule has 6 heteroatoms. The summed E-state index contributed by atoms with van der Waals surface area (Å²) in [6.45, 7) is 0.690. The van der Waals surface area contributed by atoms with Crippen LogP contribution in [-0.4, -0.2) is 24.4 Å². The van der Waals surface area contributed by atoms with Crippen LogP contribution in [0.2, 0.25) is 0 Å². The minimum Gasteiger partial charge on any atom is -0.508 e. The van der Waals surface area contributed by atoms with Gasteiger partial charge >= 0.3 is 0 Å². The third-order valence-electron chi connectivity index (χ3n) is 3.66. The summed E-state index contributed by atoms with van der Waals surface area (Å²) in [7, 11) is -3.57. The first-order valence-electron chi connectivity index (χ1n) is 6.63. The van der Waals surface area contributed by atoms with Gasteiger partial charge in [0.15, 0.2) is 0 Å². The van der Waals surface area contributed by atoms with E-state index < -0.39 is 10.0 Å². The predicted octanol–water partition coefficient (Wildman–Crippen LogP) is 1.72. The summed E-state index contributed by atoms with van der Waals surface area (Å²) in [4.78, 5) is 0.200.